The van der Waals surface area contributed by atoms with E-state index in [-0.39, 0.29) is 12.0 Å². The SMILES string of the molecule is CCCOc1nc(N)nc(Nc2cn(C)nc2CC)n1. The van der Waals surface area contributed by atoms with E-state index in [2.05, 4.69) is 25.4 Å². The van der Waals surface area contributed by atoms with Crippen molar-refractivity contribution in [2.24, 2.45) is 7.05 Å². The van der Waals surface area contributed by atoms with Gasteiger partial charge in [-0.1, -0.05) is 13.8 Å². The number of aryl methyl sites for hydroxylation is 2. The first-order valence-electron chi connectivity index (χ1n) is 6.56. The van der Waals surface area contributed by atoms with Gasteiger partial charge in [0.05, 0.1) is 18.0 Å². The van der Waals surface area contributed by atoms with E-state index >= 15 is 0 Å². The Labute approximate surface area is 117 Å². The van der Waals surface area contributed by atoms with Crippen molar-refractivity contribution in [2.45, 2.75) is 26.7 Å². The van der Waals surface area contributed by atoms with Gasteiger partial charge in [-0.05, 0) is 12.8 Å². The predicted molar refractivity (Wildman–Crippen MR) is 75.9 cm³/mol. The zero-order chi connectivity index (χ0) is 14.5. The number of hydrogen-bond acceptors (Lipinski definition) is 7. The zero-order valence-corrected chi connectivity index (χ0v) is 11.9. The quantitative estimate of drug-likeness (QED) is 0.819. The molecule has 20 heavy (non-hydrogen) atoms. The van der Waals surface area contributed by atoms with E-state index in [1.807, 2.05) is 27.1 Å². The minimum atomic E-state index is 0.121. The summed E-state index contributed by atoms with van der Waals surface area (Å²) in [6, 6.07) is 0.226. The third kappa shape index (κ3) is 3.34. The topological polar surface area (TPSA) is 104 Å². The van der Waals surface area contributed by atoms with Gasteiger partial charge in [0.25, 0.3) is 0 Å². The Hall–Kier alpha value is -2.38. The number of nitrogens with one attached hydrogen (secondary N) is 1. The number of nitrogens with two attached hydrogens (primary N) is 1. The van der Waals surface area contributed by atoms with Crippen molar-refractivity contribution in [3.05, 3.63) is 11.9 Å². The van der Waals surface area contributed by atoms with E-state index in [1.54, 1.807) is 4.68 Å². The molecule has 0 saturated heterocycles. The minimum Gasteiger partial charge on any atom is -0.463 e. The summed E-state index contributed by atoms with van der Waals surface area (Å²) < 4.78 is 7.11. The first kappa shape index (κ1) is 14.0. The van der Waals surface area contributed by atoms with E-state index in [9.17, 15) is 0 Å². The summed E-state index contributed by atoms with van der Waals surface area (Å²) in [5, 5.41) is 7.44. The van der Waals surface area contributed by atoms with E-state index in [0.717, 1.165) is 24.2 Å². The maximum atomic E-state index is 5.66. The highest BCUT2D eigenvalue weighted by Gasteiger charge is 2.10. The molecule has 2 heterocycles. The fourth-order valence-electron chi connectivity index (χ4n) is 1.71. The number of aromatic nitrogens is 5. The lowest BCUT2D eigenvalue weighted by Gasteiger charge is -2.07. The van der Waals surface area contributed by atoms with Gasteiger partial charge in [0.2, 0.25) is 11.9 Å². The molecular formula is C12H19N7O. The first-order valence-corrected chi connectivity index (χ1v) is 6.56. The van der Waals surface area contributed by atoms with Gasteiger partial charge in [0.1, 0.15) is 0 Å². The number of nitrogens with zero attached hydrogens (tertiary/aromatic N) is 5. The average molecular weight is 277 g/mol. The molecule has 0 spiro atoms. The molecule has 8 nitrogen and oxygen atoms in total. The Bertz CT molecular complexity index is 581. The summed E-state index contributed by atoms with van der Waals surface area (Å²) >= 11 is 0. The molecule has 0 aliphatic heterocycles. The Morgan fingerprint density at radius 2 is 2.10 bits per heavy atom. The van der Waals surface area contributed by atoms with E-state index in [0.29, 0.717) is 12.6 Å². The highest BCUT2D eigenvalue weighted by molar-refractivity contribution is 5.56. The molecule has 0 bridgehead atoms. The third-order valence-corrected chi connectivity index (χ3v) is 2.55. The molecule has 0 amide bonds. The predicted octanol–water partition coefficient (Wildman–Crippen LogP) is 1.28. The van der Waals surface area contributed by atoms with Crippen LogP contribution < -0.4 is 15.8 Å². The highest BCUT2D eigenvalue weighted by Crippen LogP contribution is 2.19. The highest BCUT2D eigenvalue weighted by atomic mass is 16.5. The normalized spacial score (nSPS) is 10.6. The lowest BCUT2D eigenvalue weighted by Crippen LogP contribution is -2.07. The Kier molecular flexibility index (Phi) is 4.34. The van der Waals surface area contributed by atoms with E-state index in [1.165, 1.54) is 0 Å². The van der Waals surface area contributed by atoms with Crippen LogP contribution in [-0.4, -0.2) is 31.3 Å². The van der Waals surface area contributed by atoms with Crippen molar-refractivity contribution in [1.82, 2.24) is 24.7 Å². The van der Waals surface area contributed by atoms with Crippen LogP contribution in [-0.2, 0) is 13.5 Å². The molecule has 0 atom stereocenters. The number of nitrogen functional groups attached to an aromatic ring is 1. The fraction of sp³-hybridized carbons (Fsp3) is 0.500. The molecule has 0 aliphatic carbocycles. The Morgan fingerprint density at radius 3 is 2.80 bits per heavy atom. The van der Waals surface area contributed by atoms with Gasteiger partial charge in [0.15, 0.2) is 0 Å². The summed E-state index contributed by atoms with van der Waals surface area (Å²) in [5.74, 6) is 0.474. The molecule has 2 aromatic heterocycles. The van der Waals surface area contributed by atoms with Crippen LogP contribution in [0.3, 0.4) is 0 Å². The third-order valence-electron chi connectivity index (χ3n) is 2.55. The standard InChI is InChI=1S/C12H19N7O/c1-4-6-20-12-16-10(13)15-11(17-12)14-9-7-19(3)18-8(9)5-2/h7H,4-6H2,1-3H3,(H3,13,14,15,16,17). The molecule has 0 radical (unpaired) electrons. The molecule has 0 fully saturated rings. The zero-order valence-electron chi connectivity index (χ0n) is 11.9. The first-order chi connectivity index (χ1) is 9.62. The van der Waals surface area contributed by atoms with Crippen LogP contribution in [0.5, 0.6) is 6.01 Å². The van der Waals surface area contributed by atoms with Gasteiger partial charge in [0, 0.05) is 13.2 Å². The van der Waals surface area contributed by atoms with Crippen molar-refractivity contribution in [3.8, 4) is 6.01 Å². The van der Waals surface area contributed by atoms with Gasteiger partial charge in [-0.2, -0.15) is 20.1 Å². The molecule has 0 aromatic carbocycles. The van der Waals surface area contributed by atoms with Crippen molar-refractivity contribution < 1.29 is 4.74 Å². The van der Waals surface area contributed by atoms with Crippen molar-refractivity contribution in [1.29, 1.82) is 0 Å². The van der Waals surface area contributed by atoms with Crippen molar-refractivity contribution >= 4 is 17.6 Å². The molecule has 0 saturated carbocycles. The number of anilines is 3. The van der Waals surface area contributed by atoms with E-state index in [4.69, 9.17) is 10.5 Å². The van der Waals surface area contributed by atoms with Crippen molar-refractivity contribution in [2.75, 3.05) is 17.7 Å². The minimum absolute atomic E-state index is 0.121. The lowest BCUT2D eigenvalue weighted by molar-refractivity contribution is 0.292. The van der Waals surface area contributed by atoms with Crippen molar-refractivity contribution in [3.63, 3.8) is 0 Å². The number of rotatable bonds is 6. The smallest absolute Gasteiger partial charge is 0.323 e. The maximum Gasteiger partial charge on any atom is 0.323 e. The van der Waals surface area contributed by atoms with Gasteiger partial charge < -0.3 is 15.8 Å². The molecule has 0 unspecified atom stereocenters. The van der Waals surface area contributed by atoms with Gasteiger partial charge in [-0.3, -0.25) is 4.68 Å². The van der Waals surface area contributed by atoms with Crippen LogP contribution in [0.4, 0.5) is 17.6 Å². The molecular weight excluding hydrogens is 258 g/mol. The average Bonchev–Trinajstić information content (AvgIpc) is 2.75. The Morgan fingerprint density at radius 1 is 1.30 bits per heavy atom. The summed E-state index contributed by atoms with van der Waals surface area (Å²) in [6.45, 7) is 4.58. The second-order valence-electron chi connectivity index (χ2n) is 4.29. The van der Waals surface area contributed by atoms with Crippen LogP contribution in [0, 0.1) is 0 Å². The van der Waals surface area contributed by atoms with Crippen LogP contribution in [0.15, 0.2) is 6.20 Å². The monoisotopic (exact) mass is 277 g/mol. The second kappa shape index (κ2) is 6.18. The number of hydrogen-bond donors (Lipinski definition) is 2. The maximum absolute atomic E-state index is 5.66. The molecule has 8 heteroatoms. The van der Waals surface area contributed by atoms with Gasteiger partial charge in [-0.15, -0.1) is 0 Å². The summed E-state index contributed by atoms with van der Waals surface area (Å²) in [7, 11) is 1.86. The summed E-state index contributed by atoms with van der Waals surface area (Å²) in [6.07, 6.45) is 3.55. The van der Waals surface area contributed by atoms with Crippen LogP contribution in [0.25, 0.3) is 0 Å². The molecule has 108 valence electrons. The number of ether oxygens (including phenoxy) is 1. The summed E-state index contributed by atoms with van der Waals surface area (Å²) in [4.78, 5) is 12.2. The Balaban J connectivity index is 2.21. The fourth-order valence-corrected chi connectivity index (χ4v) is 1.71. The molecule has 0 aliphatic rings. The molecule has 2 aromatic rings. The molecule has 3 N–H and O–H groups in total. The largest absolute Gasteiger partial charge is 0.463 e. The van der Waals surface area contributed by atoms with Gasteiger partial charge >= 0.3 is 6.01 Å². The lowest BCUT2D eigenvalue weighted by atomic mass is 10.3. The second-order valence-corrected chi connectivity index (χ2v) is 4.29. The molecule has 2 rings (SSSR count). The van der Waals surface area contributed by atoms with Crippen LogP contribution in [0.2, 0.25) is 0 Å². The summed E-state index contributed by atoms with van der Waals surface area (Å²) in [5.41, 5.74) is 7.44. The van der Waals surface area contributed by atoms with Gasteiger partial charge in [-0.25, -0.2) is 0 Å². The van der Waals surface area contributed by atoms with Crippen LogP contribution >= 0.6 is 0 Å². The van der Waals surface area contributed by atoms with Crippen LogP contribution in [0.1, 0.15) is 26.0 Å². The van der Waals surface area contributed by atoms with E-state index < -0.39 is 0 Å².